The van der Waals surface area contributed by atoms with Gasteiger partial charge in [0.2, 0.25) is 5.88 Å². The first-order valence-corrected chi connectivity index (χ1v) is 10.7. The highest BCUT2D eigenvalue weighted by Crippen LogP contribution is 2.28. The smallest absolute Gasteiger partial charge is 0.265 e. The number of anilines is 1. The summed E-state index contributed by atoms with van der Waals surface area (Å²) in [4.78, 5) is 0.0721. The fraction of sp³-hybridized carbons (Fsp3) is 0.0952. The van der Waals surface area contributed by atoms with E-state index in [2.05, 4.69) is 20.0 Å². The molecule has 0 saturated heterocycles. The molecule has 158 valence electrons. The van der Waals surface area contributed by atoms with Gasteiger partial charge in [-0.2, -0.15) is 5.10 Å². The Morgan fingerprint density at radius 1 is 1.00 bits per heavy atom. The topological polar surface area (TPSA) is 108 Å². The van der Waals surface area contributed by atoms with Crippen molar-refractivity contribution in [2.45, 2.75) is 11.8 Å². The second kappa shape index (κ2) is 8.44. The second-order valence-corrected chi connectivity index (χ2v) is 8.22. The molecule has 0 aliphatic rings. The number of hydrogen-bond donors (Lipinski definition) is 1. The highest BCUT2D eigenvalue weighted by atomic mass is 32.2. The third-order valence-corrected chi connectivity index (χ3v) is 5.71. The van der Waals surface area contributed by atoms with Crippen molar-refractivity contribution >= 4 is 15.7 Å². The fourth-order valence-corrected chi connectivity index (χ4v) is 4.12. The van der Waals surface area contributed by atoms with E-state index < -0.39 is 10.0 Å². The van der Waals surface area contributed by atoms with Gasteiger partial charge in [-0.1, -0.05) is 6.07 Å². The van der Waals surface area contributed by atoms with Gasteiger partial charge in [0.1, 0.15) is 16.4 Å². The maximum absolute atomic E-state index is 12.8. The quantitative estimate of drug-likeness (QED) is 0.471. The van der Waals surface area contributed by atoms with Crippen LogP contribution in [0.2, 0.25) is 0 Å². The Bertz CT molecular complexity index is 1270. The summed E-state index contributed by atoms with van der Waals surface area (Å²) in [5.74, 6) is 1.62. The van der Waals surface area contributed by atoms with Gasteiger partial charge < -0.3 is 9.47 Å². The van der Waals surface area contributed by atoms with Crippen molar-refractivity contribution in [3.05, 3.63) is 78.6 Å². The van der Waals surface area contributed by atoms with E-state index >= 15 is 0 Å². The van der Waals surface area contributed by atoms with Crippen LogP contribution in [0.25, 0.3) is 5.82 Å². The van der Waals surface area contributed by atoms with E-state index in [1.165, 1.54) is 7.11 Å². The lowest BCUT2D eigenvalue weighted by Gasteiger charge is -2.12. The minimum Gasteiger partial charge on any atom is -0.495 e. The molecule has 0 radical (unpaired) electrons. The minimum atomic E-state index is -3.82. The van der Waals surface area contributed by atoms with Gasteiger partial charge in [0.05, 0.1) is 7.11 Å². The molecule has 0 atom stereocenters. The average molecular weight is 437 g/mol. The Balaban J connectivity index is 1.46. The SMILES string of the molecule is COc1ccc(C)cc1S(=O)(=O)Nc1ccc(Oc2ccc(-n3cccn3)nn2)cc1. The first kappa shape index (κ1) is 20.4. The number of ether oxygens (including phenoxy) is 2. The first-order chi connectivity index (χ1) is 14.9. The molecule has 0 unspecified atom stereocenters. The monoisotopic (exact) mass is 437 g/mol. The van der Waals surface area contributed by atoms with Crippen molar-refractivity contribution in [3.8, 4) is 23.2 Å². The Hall–Kier alpha value is -3.92. The summed E-state index contributed by atoms with van der Waals surface area (Å²) in [6.45, 7) is 1.81. The number of methoxy groups -OCH3 is 1. The third kappa shape index (κ3) is 4.64. The van der Waals surface area contributed by atoms with Crippen molar-refractivity contribution in [2.24, 2.45) is 0 Å². The van der Waals surface area contributed by atoms with E-state index in [1.807, 2.05) is 6.92 Å². The maximum Gasteiger partial charge on any atom is 0.265 e. The molecule has 0 bridgehead atoms. The number of hydrogen-bond acceptors (Lipinski definition) is 7. The van der Waals surface area contributed by atoms with E-state index in [0.717, 1.165) is 5.56 Å². The van der Waals surface area contributed by atoms with E-state index in [-0.39, 0.29) is 10.6 Å². The summed E-state index contributed by atoms with van der Waals surface area (Å²) in [6, 6.07) is 16.6. The zero-order chi connectivity index (χ0) is 21.8. The molecule has 1 N–H and O–H groups in total. The highest BCUT2D eigenvalue weighted by Gasteiger charge is 2.20. The summed E-state index contributed by atoms with van der Waals surface area (Å²) in [5, 5.41) is 12.2. The van der Waals surface area contributed by atoms with Gasteiger partial charge in [-0.3, -0.25) is 4.72 Å². The van der Waals surface area contributed by atoms with Gasteiger partial charge in [0.25, 0.3) is 10.0 Å². The Morgan fingerprint density at radius 3 is 2.45 bits per heavy atom. The Labute approximate surface area is 179 Å². The molecule has 2 heterocycles. The zero-order valence-corrected chi connectivity index (χ0v) is 17.6. The van der Waals surface area contributed by atoms with Crippen LogP contribution in [0.1, 0.15) is 5.56 Å². The molecule has 4 rings (SSSR count). The molecular weight excluding hydrogens is 418 g/mol. The average Bonchev–Trinajstić information content (AvgIpc) is 3.30. The van der Waals surface area contributed by atoms with E-state index in [1.54, 1.807) is 77.7 Å². The van der Waals surface area contributed by atoms with Crippen molar-refractivity contribution in [1.82, 2.24) is 20.0 Å². The molecule has 0 aliphatic heterocycles. The standard InChI is InChI=1S/C21H19N5O4S/c1-15-4-9-18(29-2)19(14-15)31(27,28)25-16-5-7-17(8-6-16)30-21-11-10-20(23-24-21)26-13-3-12-22-26/h3-14,25H,1-2H3. The number of nitrogens with zero attached hydrogens (tertiary/aromatic N) is 4. The van der Waals surface area contributed by atoms with Gasteiger partial charge in [-0.15, -0.1) is 10.2 Å². The summed E-state index contributed by atoms with van der Waals surface area (Å²) in [5.41, 5.74) is 1.20. The maximum atomic E-state index is 12.8. The highest BCUT2D eigenvalue weighted by molar-refractivity contribution is 7.92. The second-order valence-electron chi connectivity index (χ2n) is 6.57. The largest absolute Gasteiger partial charge is 0.495 e. The molecule has 9 nitrogen and oxygen atoms in total. The van der Waals surface area contributed by atoms with Gasteiger partial charge in [-0.05, 0) is 61.0 Å². The number of benzene rings is 2. The normalized spacial score (nSPS) is 11.2. The lowest BCUT2D eigenvalue weighted by molar-refractivity contribution is 0.402. The summed E-state index contributed by atoms with van der Waals surface area (Å²) < 4.78 is 40.6. The summed E-state index contributed by atoms with van der Waals surface area (Å²) in [6.07, 6.45) is 3.41. The number of sulfonamides is 1. The van der Waals surface area contributed by atoms with Crippen LogP contribution in [0.15, 0.2) is 78.0 Å². The molecule has 10 heteroatoms. The van der Waals surface area contributed by atoms with E-state index in [4.69, 9.17) is 9.47 Å². The van der Waals surface area contributed by atoms with Crippen LogP contribution < -0.4 is 14.2 Å². The van der Waals surface area contributed by atoms with E-state index in [0.29, 0.717) is 23.1 Å². The minimum absolute atomic E-state index is 0.0721. The van der Waals surface area contributed by atoms with Crippen LogP contribution >= 0.6 is 0 Å². The van der Waals surface area contributed by atoms with Crippen molar-refractivity contribution in [2.75, 3.05) is 11.8 Å². The van der Waals surface area contributed by atoms with Crippen LogP contribution in [0.5, 0.6) is 17.4 Å². The lowest BCUT2D eigenvalue weighted by atomic mass is 10.2. The number of rotatable bonds is 7. The van der Waals surface area contributed by atoms with Crippen molar-refractivity contribution in [1.29, 1.82) is 0 Å². The molecule has 0 aliphatic carbocycles. The molecule has 0 amide bonds. The van der Waals surface area contributed by atoms with Crippen LogP contribution in [-0.2, 0) is 10.0 Å². The number of aromatic nitrogens is 4. The summed E-state index contributed by atoms with van der Waals surface area (Å²) in [7, 11) is -2.39. The Morgan fingerprint density at radius 2 is 1.81 bits per heavy atom. The van der Waals surface area contributed by atoms with Crippen LogP contribution in [0, 0.1) is 6.92 Å². The van der Waals surface area contributed by atoms with Crippen LogP contribution in [0.3, 0.4) is 0 Å². The van der Waals surface area contributed by atoms with Gasteiger partial charge in [0.15, 0.2) is 5.82 Å². The lowest BCUT2D eigenvalue weighted by Crippen LogP contribution is -2.14. The molecule has 31 heavy (non-hydrogen) atoms. The molecule has 2 aromatic carbocycles. The predicted molar refractivity (Wildman–Crippen MR) is 114 cm³/mol. The fourth-order valence-electron chi connectivity index (χ4n) is 2.81. The van der Waals surface area contributed by atoms with Gasteiger partial charge >= 0.3 is 0 Å². The third-order valence-electron chi connectivity index (χ3n) is 4.30. The molecule has 0 fully saturated rings. The predicted octanol–water partition coefficient (Wildman–Crippen LogP) is 3.57. The van der Waals surface area contributed by atoms with Crippen LogP contribution in [-0.4, -0.2) is 35.5 Å². The molecule has 4 aromatic rings. The number of nitrogens with one attached hydrogen (secondary N) is 1. The summed E-state index contributed by atoms with van der Waals surface area (Å²) >= 11 is 0. The number of aryl methyl sites for hydroxylation is 1. The van der Waals surface area contributed by atoms with Crippen molar-refractivity contribution in [3.63, 3.8) is 0 Å². The van der Waals surface area contributed by atoms with E-state index in [9.17, 15) is 8.42 Å². The molecule has 0 saturated carbocycles. The first-order valence-electron chi connectivity index (χ1n) is 9.24. The van der Waals surface area contributed by atoms with Gasteiger partial charge in [0, 0.05) is 24.1 Å². The van der Waals surface area contributed by atoms with Crippen molar-refractivity contribution < 1.29 is 17.9 Å². The molecule has 0 spiro atoms. The Kier molecular flexibility index (Phi) is 5.54. The van der Waals surface area contributed by atoms with Crippen LogP contribution in [0.4, 0.5) is 5.69 Å². The molecule has 2 aromatic heterocycles. The zero-order valence-electron chi connectivity index (χ0n) is 16.8. The van der Waals surface area contributed by atoms with Gasteiger partial charge in [-0.25, -0.2) is 13.1 Å². The molecular formula is C21H19N5O4S.